The first-order valence-corrected chi connectivity index (χ1v) is 8.02. The number of hydrogen-bond donors (Lipinski definition) is 1. The zero-order valence-electron chi connectivity index (χ0n) is 10.3. The lowest BCUT2D eigenvalue weighted by Gasteiger charge is -2.08. The molecule has 0 radical (unpaired) electrons. The van der Waals surface area contributed by atoms with Crippen molar-refractivity contribution in [3.05, 3.63) is 0 Å². The van der Waals surface area contributed by atoms with Gasteiger partial charge in [-0.15, -0.1) is 0 Å². The third kappa shape index (κ3) is 7.24. The van der Waals surface area contributed by atoms with Crippen molar-refractivity contribution < 1.29 is 0 Å². The summed E-state index contributed by atoms with van der Waals surface area (Å²) in [4.78, 5) is 0. The van der Waals surface area contributed by atoms with Crippen molar-refractivity contribution in [2.75, 3.05) is 25.1 Å². The Hall–Kier alpha value is 0.310. The molecule has 0 unspecified atom stereocenters. The van der Waals surface area contributed by atoms with Crippen LogP contribution in [-0.4, -0.2) is 25.1 Å². The third-order valence-electron chi connectivity index (χ3n) is 3.39. The molecule has 0 atom stereocenters. The second-order valence-corrected chi connectivity index (χ2v) is 5.73. The molecule has 90 valence electrons. The predicted octanol–water partition coefficient (Wildman–Crippen LogP) is 3.69. The van der Waals surface area contributed by atoms with Gasteiger partial charge >= 0.3 is 0 Å². The minimum Gasteiger partial charge on any atom is -0.317 e. The van der Waals surface area contributed by atoms with Crippen molar-refractivity contribution in [1.82, 2.24) is 5.32 Å². The van der Waals surface area contributed by atoms with Crippen LogP contribution in [0.3, 0.4) is 0 Å². The fraction of sp³-hybridized carbons (Fsp3) is 1.00. The molecule has 1 fully saturated rings. The normalized spacial score (nSPS) is 17.4. The fourth-order valence-electron chi connectivity index (χ4n) is 2.44. The van der Waals surface area contributed by atoms with E-state index in [1.165, 1.54) is 70.2 Å². The molecular formula is C13H27NS. The number of hydrogen-bond acceptors (Lipinski definition) is 2. The molecule has 1 saturated carbocycles. The molecule has 0 saturated heterocycles. The van der Waals surface area contributed by atoms with Gasteiger partial charge in [0.25, 0.3) is 0 Å². The number of nitrogens with one attached hydrogen (secondary N) is 1. The van der Waals surface area contributed by atoms with E-state index in [2.05, 4.69) is 11.6 Å². The number of unbranched alkanes of at least 4 members (excludes halogenated alkanes) is 1. The lowest BCUT2D eigenvalue weighted by Crippen LogP contribution is -2.17. The van der Waals surface area contributed by atoms with E-state index < -0.39 is 0 Å². The molecule has 0 aliphatic heterocycles. The van der Waals surface area contributed by atoms with Crippen LogP contribution in [0.2, 0.25) is 0 Å². The highest BCUT2D eigenvalue weighted by Crippen LogP contribution is 2.28. The standard InChI is InChI=1S/C13H27NS/c1-15-12-5-4-10-14-11-6-9-13-7-2-3-8-13/h13-14H,2-12H2,1H3. The molecule has 0 amide bonds. The molecule has 1 aliphatic carbocycles. The van der Waals surface area contributed by atoms with Crippen LogP contribution in [0.15, 0.2) is 0 Å². The van der Waals surface area contributed by atoms with Crippen LogP contribution in [0.5, 0.6) is 0 Å². The van der Waals surface area contributed by atoms with Crippen molar-refractivity contribution in [1.29, 1.82) is 0 Å². The average molecular weight is 229 g/mol. The first-order valence-electron chi connectivity index (χ1n) is 6.63. The Kier molecular flexibility index (Phi) is 8.50. The highest BCUT2D eigenvalue weighted by atomic mass is 32.2. The Balaban J connectivity index is 1.73. The summed E-state index contributed by atoms with van der Waals surface area (Å²) in [5.41, 5.74) is 0. The largest absolute Gasteiger partial charge is 0.317 e. The minimum atomic E-state index is 1.07. The summed E-state index contributed by atoms with van der Waals surface area (Å²) in [5, 5.41) is 3.56. The van der Waals surface area contributed by atoms with Crippen LogP contribution in [-0.2, 0) is 0 Å². The van der Waals surface area contributed by atoms with E-state index in [4.69, 9.17) is 0 Å². The van der Waals surface area contributed by atoms with E-state index in [0.29, 0.717) is 0 Å². The van der Waals surface area contributed by atoms with Gasteiger partial charge in [0, 0.05) is 0 Å². The van der Waals surface area contributed by atoms with Crippen LogP contribution in [0, 0.1) is 5.92 Å². The summed E-state index contributed by atoms with van der Waals surface area (Å²) < 4.78 is 0. The Morgan fingerprint density at radius 3 is 2.53 bits per heavy atom. The first kappa shape index (κ1) is 13.4. The zero-order valence-corrected chi connectivity index (χ0v) is 11.1. The Bertz CT molecular complexity index is 132. The van der Waals surface area contributed by atoms with Gasteiger partial charge in [-0.3, -0.25) is 0 Å². The molecule has 2 heteroatoms. The first-order chi connectivity index (χ1) is 7.43. The van der Waals surface area contributed by atoms with Gasteiger partial charge in [-0.2, -0.15) is 11.8 Å². The van der Waals surface area contributed by atoms with E-state index in [-0.39, 0.29) is 0 Å². The molecule has 0 aromatic carbocycles. The summed E-state index contributed by atoms with van der Waals surface area (Å²) in [5.74, 6) is 2.40. The Morgan fingerprint density at radius 1 is 1.07 bits per heavy atom. The molecule has 1 aliphatic rings. The second kappa shape index (κ2) is 9.53. The van der Waals surface area contributed by atoms with E-state index >= 15 is 0 Å². The second-order valence-electron chi connectivity index (χ2n) is 4.74. The number of thioether (sulfide) groups is 1. The SMILES string of the molecule is CSCCCCNCCCC1CCCC1. The molecule has 0 spiro atoms. The highest BCUT2D eigenvalue weighted by molar-refractivity contribution is 7.98. The lowest BCUT2D eigenvalue weighted by atomic mass is 10.0. The van der Waals surface area contributed by atoms with Gasteiger partial charge in [0.1, 0.15) is 0 Å². The highest BCUT2D eigenvalue weighted by Gasteiger charge is 2.13. The van der Waals surface area contributed by atoms with Gasteiger partial charge in [0.05, 0.1) is 0 Å². The van der Waals surface area contributed by atoms with Gasteiger partial charge in [-0.25, -0.2) is 0 Å². The third-order valence-corrected chi connectivity index (χ3v) is 4.09. The summed E-state index contributed by atoms with van der Waals surface area (Å²) in [7, 11) is 0. The summed E-state index contributed by atoms with van der Waals surface area (Å²) in [6.45, 7) is 2.47. The van der Waals surface area contributed by atoms with Crippen LogP contribution in [0.1, 0.15) is 51.4 Å². The van der Waals surface area contributed by atoms with Gasteiger partial charge in [-0.05, 0) is 56.7 Å². The van der Waals surface area contributed by atoms with Gasteiger partial charge in [-0.1, -0.05) is 25.7 Å². The van der Waals surface area contributed by atoms with E-state index in [1.54, 1.807) is 0 Å². The number of rotatable bonds is 9. The molecule has 1 nitrogen and oxygen atoms in total. The van der Waals surface area contributed by atoms with Gasteiger partial charge < -0.3 is 5.32 Å². The van der Waals surface area contributed by atoms with E-state index in [9.17, 15) is 0 Å². The molecule has 0 aromatic rings. The molecule has 0 bridgehead atoms. The Labute approximate surface area is 99.8 Å². The van der Waals surface area contributed by atoms with Crippen molar-refractivity contribution in [2.45, 2.75) is 51.4 Å². The van der Waals surface area contributed by atoms with Crippen molar-refractivity contribution in [3.8, 4) is 0 Å². The van der Waals surface area contributed by atoms with Gasteiger partial charge in [0.15, 0.2) is 0 Å². The van der Waals surface area contributed by atoms with E-state index in [1.807, 2.05) is 11.8 Å². The molecule has 1 rings (SSSR count). The van der Waals surface area contributed by atoms with Crippen molar-refractivity contribution in [2.24, 2.45) is 5.92 Å². The van der Waals surface area contributed by atoms with E-state index in [0.717, 1.165) is 5.92 Å². The quantitative estimate of drug-likeness (QED) is 0.605. The molecule has 15 heavy (non-hydrogen) atoms. The predicted molar refractivity (Wildman–Crippen MR) is 71.7 cm³/mol. The molecule has 0 heterocycles. The summed E-state index contributed by atoms with van der Waals surface area (Å²) in [6.07, 6.45) is 13.8. The maximum atomic E-state index is 3.56. The minimum absolute atomic E-state index is 1.07. The smallest absolute Gasteiger partial charge is 0.00486 e. The zero-order chi connectivity index (χ0) is 10.8. The molecular weight excluding hydrogens is 202 g/mol. The lowest BCUT2D eigenvalue weighted by molar-refractivity contribution is 0.469. The monoisotopic (exact) mass is 229 g/mol. The molecule has 1 N–H and O–H groups in total. The topological polar surface area (TPSA) is 12.0 Å². The van der Waals surface area contributed by atoms with Crippen molar-refractivity contribution >= 4 is 11.8 Å². The summed E-state index contributed by atoms with van der Waals surface area (Å²) in [6, 6.07) is 0. The summed E-state index contributed by atoms with van der Waals surface area (Å²) >= 11 is 1.96. The molecule has 0 aromatic heterocycles. The van der Waals surface area contributed by atoms with Crippen LogP contribution in [0.4, 0.5) is 0 Å². The fourth-order valence-corrected chi connectivity index (χ4v) is 2.93. The van der Waals surface area contributed by atoms with Gasteiger partial charge in [0.2, 0.25) is 0 Å². The maximum Gasteiger partial charge on any atom is -0.00486 e. The van der Waals surface area contributed by atoms with Crippen LogP contribution < -0.4 is 5.32 Å². The van der Waals surface area contributed by atoms with Crippen LogP contribution >= 0.6 is 11.8 Å². The average Bonchev–Trinajstić information content (AvgIpc) is 2.75. The van der Waals surface area contributed by atoms with Crippen LogP contribution in [0.25, 0.3) is 0 Å². The maximum absolute atomic E-state index is 3.56. The van der Waals surface area contributed by atoms with Crippen molar-refractivity contribution in [3.63, 3.8) is 0 Å². The Morgan fingerprint density at radius 2 is 1.80 bits per heavy atom.